The maximum atomic E-state index is 12.5. The van der Waals surface area contributed by atoms with Gasteiger partial charge in [-0.3, -0.25) is 14.5 Å². The number of hydrogen-bond donors (Lipinski definition) is 1. The van der Waals surface area contributed by atoms with Gasteiger partial charge in [-0.2, -0.15) is 0 Å². The van der Waals surface area contributed by atoms with E-state index in [1.54, 1.807) is 17.0 Å². The third kappa shape index (κ3) is 5.32. The molecule has 1 atom stereocenters. The van der Waals surface area contributed by atoms with Crippen molar-refractivity contribution in [2.24, 2.45) is 0 Å². The molecule has 1 N–H and O–H groups in total. The summed E-state index contributed by atoms with van der Waals surface area (Å²) in [7, 11) is -2.91. The Hall–Kier alpha value is -2.71. The van der Waals surface area contributed by atoms with Crippen LogP contribution in [0.4, 0.5) is 0 Å². The van der Waals surface area contributed by atoms with Gasteiger partial charge in [0.1, 0.15) is 0 Å². The van der Waals surface area contributed by atoms with E-state index in [1.807, 2.05) is 42.5 Å². The maximum Gasteiger partial charge on any atom is 0.251 e. The summed E-state index contributed by atoms with van der Waals surface area (Å²) in [6, 6.07) is 17.3. The molecule has 0 radical (unpaired) electrons. The molecule has 0 bridgehead atoms. The lowest BCUT2D eigenvalue weighted by Gasteiger charge is -2.37. The van der Waals surface area contributed by atoms with E-state index in [0.717, 1.165) is 11.1 Å². The maximum absolute atomic E-state index is 12.5. The molecule has 2 aliphatic rings. The van der Waals surface area contributed by atoms with Crippen LogP contribution in [0.5, 0.6) is 0 Å². The summed E-state index contributed by atoms with van der Waals surface area (Å²) in [4.78, 5) is 28.8. The molecule has 0 spiro atoms. The highest BCUT2D eigenvalue weighted by Gasteiger charge is 2.34. The van der Waals surface area contributed by atoms with E-state index in [4.69, 9.17) is 0 Å². The molecule has 31 heavy (non-hydrogen) atoms. The molecule has 2 aromatic carbocycles. The zero-order valence-electron chi connectivity index (χ0n) is 17.4. The highest BCUT2D eigenvalue weighted by Crippen LogP contribution is 2.20. The Morgan fingerprint density at radius 2 is 1.55 bits per heavy atom. The van der Waals surface area contributed by atoms with Crippen molar-refractivity contribution in [2.75, 3.05) is 44.2 Å². The van der Waals surface area contributed by atoms with Crippen LogP contribution in [0.2, 0.25) is 0 Å². The van der Waals surface area contributed by atoms with Gasteiger partial charge in [-0.25, -0.2) is 8.42 Å². The van der Waals surface area contributed by atoms with E-state index in [0.29, 0.717) is 38.2 Å². The third-order valence-electron chi connectivity index (χ3n) is 6.05. The minimum atomic E-state index is -2.91. The normalized spacial score (nSPS) is 21.0. The minimum Gasteiger partial charge on any atom is -0.343 e. The van der Waals surface area contributed by atoms with Crippen molar-refractivity contribution in [1.82, 2.24) is 15.1 Å². The van der Waals surface area contributed by atoms with Crippen LogP contribution in [-0.2, 0) is 14.6 Å². The van der Waals surface area contributed by atoms with E-state index >= 15 is 0 Å². The monoisotopic (exact) mass is 441 g/mol. The summed E-state index contributed by atoms with van der Waals surface area (Å²) in [5.41, 5.74) is 2.62. The van der Waals surface area contributed by atoms with Crippen LogP contribution in [0.1, 0.15) is 16.8 Å². The van der Waals surface area contributed by atoms with E-state index in [1.165, 1.54) is 0 Å². The first-order valence-corrected chi connectivity index (χ1v) is 12.4. The Bertz CT molecular complexity index is 1030. The highest BCUT2D eigenvalue weighted by atomic mass is 32.2. The first-order chi connectivity index (χ1) is 14.9. The lowest BCUT2D eigenvalue weighted by atomic mass is 10.0. The number of nitrogens with one attached hydrogen (secondary N) is 1. The molecule has 2 saturated heterocycles. The molecule has 0 aromatic heterocycles. The average molecular weight is 442 g/mol. The minimum absolute atomic E-state index is 0.0446. The smallest absolute Gasteiger partial charge is 0.251 e. The number of amides is 2. The summed E-state index contributed by atoms with van der Waals surface area (Å²) in [6.07, 6.45) is 0.676. The SMILES string of the molecule is O=C(NCC(=O)N1CCN([C@H]2CCS(=O)(=O)C2)CC1)c1ccc(-c2ccccc2)cc1. The molecule has 4 rings (SSSR count). The second-order valence-corrected chi connectivity index (χ2v) is 10.3. The van der Waals surface area contributed by atoms with Gasteiger partial charge in [0.25, 0.3) is 5.91 Å². The van der Waals surface area contributed by atoms with Crippen molar-refractivity contribution in [1.29, 1.82) is 0 Å². The average Bonchev–Trinajstić information content (AvgIpc) is 3.17. The van der Waals surface area contributed by atoms with Crippen LogP contribution in [0.3, 0.4) is 0 Å². The fraction of sp³-hybridized carbons (Fsp3) is 0.391. The van der Waals surface area contributed by atoms with Gasteiger partial charge in [0, 0.05) is 37.8 Å². The largest absolute Gasteiger partial charge is 0.343 e. The molecule has 2 amide bonds. The first kappa shape index (κ1) is 21.5. The fourth-order valence-corrected chi connectivity index (χ4v) is 5.98. The number of piperazine rings is 1. The Kier molecular flexibility index (Phi) is 6.38. The summed E-state index contributed by atoms with van der Waals surface area (Å²) >= 11 is 0. The lowest BCUT2D eigenvalue weighted by Crippen LogP contribution is -2.53. The van der Waals surface area contributed by atoms with E-state index in [2.05, 4.69) is 10.2 Å². The van der Waals surface area contributed by atoms with Gasteiger partial charge in [-0.15, -0.1) is 0 Å². The van der Waals surface area contributed by atoms with Gasteiger partial charge in [0.15, 0.2) is 9.84 Å². The second kappa shape index (κ2) is 9.20. The topological polar surface area (TPSA) is 86.8 Å². The third-order valence-corrected chi connectivity index (χ3v) is 7.80. The molecular weight excluding hydrogens is 414 g/mol. The van der Waals surface area contributed by atoms with Gasteiger partial charge in [0.05, 0.1) is 18.1 Å². The highest BCUT2D eigenvalue weighted by molar-refractivity contribution is 7.91. The van der Waals surface area contributed by atoms with Gasteiger partial charge >= 0.3 is 0 Å². The fourth-order valence-electron chi connectivity index (χ4n) is 4.21. The van der Waals surface area contributed by atoms with Crippen LogP contribution in [0.25, 0.3) is 11.1 Å². The summed E-state index contributed by atoms with van der Waals surface area (Å²) in [5.74, 6) is 0.0885. The van der Waals surface area contributed by atoms with Crippen molar-refractivity contribution in [3.63, 3.8) is 0 Å². The standard InChI is InChI=1S/C23H27N3O4S/c27-22(26-13-11-25(12-14-26)21-10-15-31(29,30)17-21)16-24-23(28)20-8-6-19(7-9-20)18-4-2-1-3-5-18/h1-9,21H,10-17H2,(H,24,28)/t21-/m0/s1. The number of rotatable bonds is 5. The summed E-state index contributed by atoms with van der Waals surface area (Å²) in [5, 5.41) is 2.71. The van der Waals surface area contributed by atoms with Gasteiger partial charge in [-0.05, 0) is 29.7 Å². The summed E-state index contributed by atoms with van der Waals surface area (Å²) in [6.45, 7) is 2.40. The van der Waals surface area contributed by atoms with E-state index < -0.39 is 9.84 Å². The van der Waals surface area contributed by atoms with Crippen LogP contribution in [0, 0.1) is 0 Å². The Morgan fingerprint density at radius 1 is 0.903 bits per heavy atom. The van der Waals surface area contributed by atoms with Crippen molar-refractivity contribution < 1.29 is 18.0 Å². The molecule has 164 valence electrons. The predicted octanol–water partition coefficient (Wildman–Crippen LogP) is 1.41. The van der Waals surface area contributed by atoms with Crippen LogP contribution >= 0.6 is 0 Å². The summed E-state index contributed by atoms with van der Waals surface area (Å²) < 4.78 is 23.4. The molecule has 8 heteroatoms. The van der Waals surface area contributed by atoms with Crippen molar-refractivity contribution in [3.05, 3.63) is 60.2 Å². The number of carbonyl (C=O) groups excluding carboxylic acids is 2. The van der Waals surface area contributed by atoms with Crippen molar-refractivity contribution in [3.8, 4) is 11.1 Å². The molecular formula is C23H27N3O4S. The lowest BCUT2D eigenvalue weighted by molar-refractivity contribution is -0.132. The molecule has 0 saturated carbocycles. The molecule has 2 heterocycles. The number of hydrogen-bond acceptors (Lipinski definition) is 5. The number of carbonyl (C=O) groups is 2. The first-order valence-electron chi connectivity index (χ1n) is 10.6. The molecule has 2 aromatic rings. The Balaban J connectivity index is 1.24. The molecule has 0 aliphatic carbocycles. The van der Waals surface area contributed by atoms with Gasteiger partial charge < -0.3 is 10.2 Å². The predicted molar refractivity (Wildman–Crippen MR) is 119 cm³/mol. The number of nitrogens with zero attached hydrogens (tertiary/aromatic N) is 2. The van der Waals surface area contributed by atoms with Crippen molar-refractivity contribution in [2.45, 2.75) is 12.5 Å². The number of sulfone groups is 1. The van der Waals surface area contributed by atoms with Gasteiger partial charge in [0.2, 0.25) is 5.91 Å². The quantitative estimate of drug-likeness (QED) is 0.758. The van der Waals surface area contributed by atoms with Gasteiger partial charge in [-0.1, -0.05) is 42.5 Å². The molecule has 7 nitrogen and oxygen atoms in total. The Labute approximate surface area is 183 Å². The van der Waals surface area contributed by atoms with E-state index in [9.17, 15) is 18.0 Å². The molecule has 0 unspecified atom stereocenters. The zero-order chi connectivity index (χ0) is 21.8. The van der Waals surface area contributed by atoms with E-state index in [-0.39, 0.29) is 35.9 Å². The van der Waals surface area contributed by atoms with Crippen LogP contribution < -0.4 is 5.32 Å². The van der Waals surface area contributed by atoms with Crippen LogP contribution in [-0.4, -0.2) is 80.3 Å². The zero-order valence-corrected chi connectivity index (χ0v) is 18.2. The molecule has 2 fully saturated rings. The second-order valence-electron chi connectivity index (χ2n) is 8.10. The number of benzene rings is 2. The van der Waals surface area contributed by atoms with Crippen LogP contribution in [0.15, 0.2) is 54.6 Å². The molecule has 2 aliphatic heterocycles. The Morgan fingerprint density at radius 3 is 2.16 bits per heavy atom. The van der Waals surface area contributed by atoms with Crippen molar-refractivity contribution >= 4 is 21.7 Å².